The maximum atomic E-state index is 13.4. The van der Waals surface area contributed by atoms with Gasteiger partial charge in [0.15, 0.2) is 0 Å². The highest BCUT2D eigenvalue weighted by atomic mass is 16.5. The number of imidazole rings is 1. The van der Waals surface area contributed by atoms with Crippen LogP contribution in [-0.4, -0.2) is 22.6 Å². The maximum Gasteiger partial charge on any atom is 0.230 e. The van der Waals surface area contributed by atoms with Gasteiger partial charge in [-0.2, -0.15) is 0 Å². The van der Waals surface area contributed by atoms with Crippen molar-refractivity contribution in [2.75, 3.05) is 12.0 Å². The fourth-order valence-corrected chi connectivity index (χ4v) is 4.01. The number of hydrogen-bond acceptors (Lipinski definition) is 3. The summed E-state index contributed by atoms with van der Waals surface area (Å²) in [6, 6.07) is 16.3. The number of carbonyl (C=O) groups is 1. The Morgan fingerprint density at radius 3 is 2.69 bits per heavy atom. The number of methoxy groups -OCH3 is 1. The average molecular weight is 389 g/mol. The van der Waals surface area contributed by atoms with Crippen molar-refractivity contribution in [2.45, 2.75) is 38.3 Å². The smallest absolute Gasteiger partial charge is 0.230 e. The van der Waals surface area contributed by atoms with Gasteiger partial charge in [-0.1, -0.05) is 36.4 Å². The Bertz CT molecular complexity index is 981. The van der Waals surface area contributed by atoms with E-state index in [0.29, 0.717) is 6.54 Å². The topological polar surface area (TPSA) is 47.4 Å². The molecule has 0 bridgehead atoms. The molecule has 0 radical (unpaired) electrons. The van der Waals surface area contributed by atoms with Gasteiger partial charge in [0.2, 0.25) is 5.91 Å². The fourth-order valence-electron chi connectivity index (χ4n) is 4.01. The van der Waals surface area contributed by atoms with Crippen LogP contribution in [0, 0.1) is 0 Å². The van der Waals surface area contributed by atoms with Gasteiger partial charge in [0.25, 0.3) is 0 Å². The van der Waals surface area contributed by atoms with E-state index in [-0.39, 0.29) is 18.4 Å². The molecule has 1 amide bonds. The number of rotatable bonds is 7. The molecule has 5 nitrogen and oxygen atoms in total. The summed E-state index contributed by atoms with van der Waals surface area (Å²) in [6.07, 6.45) is 7.07. The van der Waals surface area contributed by atoms with Crippen molar-refractivity contribution < 1.29 is 9.53 Å². The van der Waals surface area contributed by atoms with Gasteiger partial charge in [-0.05, 0) is 48.1 Å². The minimum atomic E-state index is -0.276. The van der Waals surface area contributed by atoms with E-state index in [1.165, 1.54) is 17.5 Å². The standard InChI is InChI=1S/C24H27N3O2/c1-26-14-13-25-23(26)17-27(21-12-11-18-9-6-10-20(18)15-21)24(28)16-22(29-2)19-7-4-3-5-8-19/h3-5,7-8,11-15,22H,6,9-10,16-17H2,1-2H3/t22-/m0/s1. The van der Waals surface area contributed by atoms with Crippen LogP contribution in [0.2, 0.25) is 0 Å². The number of nitrogens with zero attached hydrogens (tertiary/aromatic N) is 3. The SMILES string of the molecule is CO[C@@H](CC(=O)N(Cc1nccn1C)c1ccc2c(c1)CCC2)c1ccccc1. The van der Waals surface area contributed by atoms with E-state index >= 15 is 0 Å². The summed E-state index contributed by atoms with van der Waals surface area (Å²) in [5.41, 5.74) is 4.69. The lowest BCUT2D eigenvalue weighted by molar-refractivity contribution is -0.121. The normalized spacial score (nSPS) is 13.9. The summed E-state index contributed by atoms with van der Waals surface area (Å²) in [7, 11) is 3.61. The summed E-state index contributed by atoms with van der Waals surface area (Å²) in [4.78, 5) is 19.7. The quantitative estimate of drug-likeness (QED) is 0.608. The number of benzene rings is 2. The molecule has 4 rings (SSSR count). The number of hydrogen-bond donors (Lipinski definition) is 0. The number of anilines is 1. The molecular formula is C24H27N3O2. The van der Waals surface area contributed by atoms with Crippen molar-refractivity contribution in [2.24, 2.45) is 7.05 Å². The highest BCUT2D eigenvalue weighted by Crippen LogP contribution is 2.29. The monoisotopic (exact) mass is 389 g/mol. The molecule has 1 aromatic heterocycles. The summed E-state index contributed by atoms with van der Waals surface area (Å²) in [5.74, 6) is 0.883. The first-order valence-corrected chi connectivity index (χ1v) is 10.1. The van der Waals surface area contributed by atoms with Gasteiger partial charge in [0.05, 0.1) is 19.1 Å². The van der Waals surface area contributed by atoms with Gasteiger partial charge in [-0.15, -0.1) is 0 Å². The maximum absolute atomic E-state index is 13.4. The molecule has 5 heteroatoms. The molecule has 1 aliphatic carbocycles. The average Bonchev–Trinajstić information content (AvgIpc) is 3.38. The molecule has 1 aliphatic rings. The molecule has 2 aromatic carbocycles. The Labute approximate surface area is 171 Å². The molecule has 3 aromatic rings. The van der Waals surface area contributed by atoms with Crippen molar-refractivity contribution in [1.29, 1.82) is 0 Å². The van der Waals surface area contributed by atoms with Crippen molar-refractivity contribution in [1.82, 2.24) is 9.55 Å². The zero-order valence-electron chi connectivity index (χ0n) is 17.0. The van der Waals surface area contributed by atoms with Gasteiger partial charge in [-0.3, -0.25) is 4.79 Å². The lowest BCUT2D eigenvalue weighted by Gasteiger charge is -2.25. The van der Waals surface area contributed by atoms with E-state index in [4.69, 9.17) is 4.74 Å². The predicted octanol–water partition coefficient (Wildman–Crippen LogP) is 4.22. The molecule has 150 valence electrons. The number of aryl methyl sites for hydroxylation is 3. The predicted molar refractivity (Wildman–Crippen MR) is 114 cm³/mol. The zero-order valence-corrected chi connectivity index (χ0v) is 17.0. The second kappa shape index (κ2) is 8.62. The van der Waals surface area contributed by atoms with Crippen molar-refractivity contribution in [3.8, 4) is 0 Å². The molecule has 0 saturated carbocycles. The van der Waals surface area contributed by atoms with Crippen LogP contribution in [0.4, 0.5) is 5.69 Å². The third kappa shape index (κ3) is 4.25. The molecule has 1 heterocycles. The van der Waals surface area contributed by atoms with E-state index in [0.717, 1.165) is 29.9 Å². The summed E-state index contributed by atoms with van der Waals surface area (Å²) in [5, 5.41) is 0. The van der Waals surface area contributed by atoms with E-state index in [1.807, 2.05) is 53.0 Å². The van der Waals surface area contributed by atoms with Crippen LogP contribution in [0.1, 0.15) is 41.5 Å². The van der Waals surface area contributed by atoms with E-state index in [1.54, 1.807) is 13.3 Å². The molecule has 0 spiro atoms. The third-order valence-corrected chi connectivity index (χ3v) is 5.73. The largest absolute Gasteiger partial charge is 0.376 e. The number of carbonyl (C=O) groups excluding carboxylic acids is 1. The van der Waals surface area contributed by atoms with Gasteiger partial charge in [0.1, 0.15) is 5.82 Å². The Morgan fingerprint density at radius 2 is 1.97 bits per heavy atom. The first-order valence-electron chi connectivity index (χ1n) is 10.1. The highest BCUT2D eigenvalue weighted by Gasteiger charge is 2.24. The lowest BCUT2D eigenvalue weighted by atomic mass is 10.0. The highest BCUT2D eigenvalue weighted by molar-refractivity contribution is 5.93. The third-order valence-electron chi connectivity index (χ3n) is 5.73. The molecule has 1 atom stereocenters. The first kappa shape index (κ1) is 19.4. The number of ether oxygens (including phenoxy) is 1. The molecule has 0 saturated heterocycles. The molecule has 0 aliphatic heterocycles. The van der Waals surface area contributed by atoms with E-state index < -0.39 is 0 Å². The van der Waals surface area contributed by atoms with Crippen molar-refractivity contribution in [3.63, 3.8) is 0 Å². The summed E-state index contributed by atoms with van der Waals surface area (Å²) in [6.45, 7) is 0.437. The van der Waals surface area contributed by atoms with Crippen LogP contribution >= 0.6 is 0 Å². The molecule has 0 N–H and O–H groups in total. The second-order valence-electron chi connectivity index (χ2n) is 7.58. The molecular weight excluding hydrogens is 362 g/mol. The van der Waals surface area contributed by atoms with Crippen LogP contribution < -0.4 is 4.90 Å². The Kier molecular flexibility index (Phi) is 5.76. The van der Waals surface area contributed by atoms with Crippen LogP contribution in [0.5, 0.6) is 0 Å². The van der Waals surface area contributed by atoms with Gasteiger partial charge in [0, 0.05) is 32.2 Å². The number of amides is 1. The minimum Gasteiger partial charge on any atom is -0.376 e. The summed E-state index contributed by atoms with van der Waals surface area (Å²) < 4.78 is 7.61. The van der Waals surface area contributed by atoms with Crippen LogP contribution in [-0.2, 0) is 36.0 Å². The van der Waals surface area contributed by atoms with E-state index in [9.17, 15) is 4.79 Å². The first-order chi connectivity index (χ1) is 14.2. The second-order valence-corrected chi connectivity index (χ2v) is 7.58. The van der Waals surface area contributed by atoms with Gasteiger partial charge >= 0.3 is 0 Å². The van der Waals surface area contributed by atoms with Crippen LogP contribution in [0.25, 0.3) is 0 Å². The molecule has 29 heavy (non-hydrogen) atoms. The molecule has 0 fully saturated rings. The summed E-state index contributed by atoms with van der Waals surface area (Å²) >= 11 is 0. The van der Waals surface area contributed by atoms with Crippen molar-refractivity contribution in [3.05, 3.63) is 83.4 Å². The fraction of sp³-hybridized carbons (Fsp3) is 0.333. The Balaban J connectivity index is 1.62. The van der Waals surface area contributed by atoms with Crippen molar-refractivity contribution >= 4 is 11.6 Å². The van der Waals surface area contributed by atoms with E-state index in [2.05, 4.69) is 23.2 Å². The lowest BCUT2D eigenvalue weighted by Crippen LogP contribution is -2.33. The van der Waals surface area contributed by atoms with Crippen LogP contribution in [0.3, 0.4) is 0 Å². The Morgan fingerprint density at radius 1 is 1.17 bits per heavy atom. The minimum absolute atomic E-state index is 0.0293. The van der Waals surface area contributed by atoms with Crippen LogP contribution in [0.15, 0.2) is 60.9 Å². The van der Waals surface area contributed by atoms with Gasteiger partial charge in [-0.25, -0.2) is 4.98 Å². The number of fused-ring (bicyclic) bond motifs is 1. The zero-order chi connectivity index (χ0) is 20.2. The van der Waals surface area contributed by atoms with Gasteiger partial charge < -0.3 is 14.2 Å². The Hall–Kier alpha value is -2.92. The molecule has 0 unspecified atom stereocenters. The number of aromatic nitrogens is 2.